The summed E-state index contributed by atoms with van der Waals surface area (Å²) >= 11 is 0. The van der Waals surface area contributed by atoms with Crippen LogP contribution in [0, 0.1) is 0 Å². The summed E-state index contributed by atoms with van der Waals surface area (Å²) in [4.78, 5) is 22.8. The van der Waals surface area contributed by atoms with Crippen LogP contribution < -0.4 is 5.32 Å². The summed E-state index contributed by atoms with van der Waals surface area (Å²) in [5.41, 5.74) is 0.844. The minimum absolute atomic E-state index is 0.0304. The van der Waals surface area contributed by atoms with Gasteiger partial charge in [0.25, 0.3) is 5.91 Å². The normalized spacial score (nSPS) is 12.8. The molecule has 0 radical (unpaired) electrons. The fourth-order valence-electron chi connectivity index (χ4n) is 1.64. The Morgan fingerprint density at radius 1 is 1.35 bits per heavy atom. The van der Waals surface area contributed by atoms with Gasteiger partial charge in [-0.15, -0.1) is 0 Å². The van der Waals surface area contributed by atoms with E-state index < -0.39 is 27.8 Å². The van der Waals surface area contributed by atoms with Crippen LogP contribution in [0.15, 0.2) is 23.1 Å². The van der Waals surface area contributed by atoms with E-state index in [0.29, 0.717) is 12.0 Å². The highest BCUT2D eigenvalue weighted by Crippen LogP contribution is 2.17. The van der Waals surface area contributed by atoms with Crippen molar-refractivity contribution in [1.82, 2.24) is 5.32 Å². The van der Waals surface area contributed by atoms with Crippen LogP contribution in [0.2, 0.25) is 0 Å². The molecule has 0 aliphatic carbocycles. The van der Waals surface area contributed by atoms with Crippen LogP contribution in [0.4, 0.5) is 0 Å². The van der Waals surface area contributed by atoms with Crippen molar-refractivity contribution < 1.29 is 23.1 Å². The maximum atomic E-state index is 12.0. The average Bonchev–Trinajstić information content (AvgIpc) is 2.36. The maximum absolute atomic E-state index is 12.0. The second kappa shape index (κ2) is 6.04. The standard InChI is InChI=1S/C13H17NO5S/c1-4-9-5-6-10(20(3,18)19)7-11(9)12(15)14-8(2)13(16)17/h5-8H,4H2,1-3H3,(H,14,15)(H,16,17)/t8-/m0/s1. The van der Waals surface area contributed by atoms with E-state index in [1.54, 1.807) is 6.07 Å². The second-order valence-corrected chi connectivity index (χ2v) is 6.49. The third-order valence-electron chi connectivity index (χ3n) is 2.85. The number of aliphatic carboxylic acids is 1. The van der Waals surface area contributed by atoms with Gasteiger partial charge in [0.2, 0.25) is 0 Å². The molecule has 0 saturated carbocycles. The van der Waals surface area contributed by atoms with Gasteiger partial charge in [-0.25, -0.2) is 8.42 Å². The molecule has 0 aliphatic rings. The number of rotatable bonds is 5. The van der Waals surface area contributed by atoms with Gasteiger partial charge < -0.3 is 10.4 Å². The Balaban J connectivity index is 3.21. The van der Waals surface area contributed by atoms with E-state index in [2.05, 4.69) is 5.32 Å². The fraction of sp³-hybridized carbons (Fsp3) is 0.385. The van der Waals surface area contributed by atoms with E-state index in [1.807, 2.05) is 6.92 Å². The molecular formula is C13H17NO5S. The monoisotopic (exact) mass is 299 g/mol. The molecule has 1 atom stereocenters. The van der Waals surface area contributed by atoms with Crippen LogP contribution in [-0.2, 0) is 21.1 Å². The molecule has 1 aromatic carbocycles. The Labute approximate surface area is 117 Å². The second-order valence-electron chi connectivity index (χ2n) is 4.48. The van der Waals surface area contributed by atoms with Crippen molar-refractivity contribution in [3.63, 3.8) is 0 Å². The summed E-state index contributed by atoms with van der Waals surface area (Å²) in [5.74, 6) is -1.75. The molecular weight excluding hydrogens is 282 g/mol. The van der Waals surface area contributed by atoms with Crippen molar-refractivity contribution in [1.29, 1.82) is 0 Å². The molecule has 1 rings (SSSR count). The molecule has 0 fully saturated rings. The van der Waals surface area contributed by atoms with Gasteiger partial charge in [0.15, 0.2) is 9.84 Å². The predicted octanol–water partition coefficient (Wildman–Crippen LogP) is 0.855. The first-order valence-electron chi connectivity index (χ1n) is 6.03. The number of carbonyl (C=O) groups is 2. The number of hydrogen-bond donors (Lipinski definition) is 2. The summed E-state index contributed by atoms with van der Waals surface area (Å²) < 4.78 is 23.0. The Morgan fingerprint density at radius 2 is 1.95 bits per heavy atom. The lowest BCUT2D eigenvalue weighted by Crippen LogP contribution is -2.38. The number of carboxylic acids is 1. The van der Waals surface area contributed by atoms with Crippen molar-refractivity contribution in [2.45, 2.75) is 31.2 Å². The third kappa shape index (κ3) is 3.80. The van der Waals surface area contributed by atoms with E-state index in [1.165, 1.54) is 19.1 Å². The lowest BCUT2D eigenvalue weighted by atomic mass is 10.0. The number of hydrogen-bond acceptors (Lipinski definition) is 4. The quantitative estimate of drug-likeness (QED) is 0.839. The van der Waals surface area contributed by atoms with Gasteiger partial charge in [-0.1, -0.05) is 13.0 Å². The van der Waals surface area contributed by atoms with Crippen molar-refractivity contribution in [2.75, 3.05) is 6.26 Å². The average molecular weight is 299 g/mol. The van der Waals surface area contributed by atoms with E-state index in [4.69, 9.17) is 5.11 Å². The van der Waals surface area contributed by atoms with E-state index in [-0.39, 0.29) is 10.5 Å². The van der Waals surface area contributed by atoms with Crippen molar-refractivity contribution in [3.8, 4) is 0 Å². The zero-order valence-corrected chi connectivity index (χ0v) is 12.3. The van der Waals surface area contributed by atoms with Crippen LogP contribution in [0.1, 0.15) is 29.8 Å². The number of aryl methyl sites for hydroxylation is 1. The largest absolute Gasteiger partial charge is 0.480 e. The molecule has 0 saturated heterocycles. The van der Waals surface area contributed by atoms with Gasteiger partial charge in [0.05, 0.1) is 4.90 Å². The first-order chi connectivity index (χ1) is 9.16. The molecule has 2 N–H and O–H groups in total. The number of nitrogens with one attached hydrogen (secondary N) is 1. The Morgan fingerprint density at radius 3 is 2.40 bits per heavy atom. The van der Waals surface area contributed by atoms with Crippen LogP contribution in [0.5, 0.6) is 0 Å². The molecule has 0 aliphatic heterocycles. The van der Waals surface area contributed by atoms with Gasteiger partial charge in [0, 0.05) is 11.8 Å². The van der Waals surface area contributed by atoms with Crippen LogP contribution in [0.3, 0.4) is 0 Å². The Hall–Kier alpha value is -1.89. The third-order valence-corrected chi connectivity index (χ3v) is 3.96. The molecule has 0 heterocycles. The fourth-order valence-corrected chi connectivity index (χ4v) is 2.29. The molecule has 20 heavy (non-hydrogen) atoms. The summed E-state index contributed by atoms with van der Waals surface area (Å²) in [6, 6.07) is 3.23. The highest BCUT2D eigenvalue weighted by Gasteiger charge is 2.19. The number of carboxylic acid groups (broad SMARTS) is 1. The number of amides is 1. The van der Waals surface area contributed by atoms with Crippen molar-refractivity contribution >= 4 is 21.7 Å². The first-order valence-corrected chi connectivity index (χ1v) is 7.92. The number of carbonyl (C=O) groups excluding carboxylic acids is 1. The van der Waals surface area contributed by atoms with E-state index in [0.717, 1.165) is 6.26 Å². The summed E-state index contributed by atoms with van der Waals surface area (Å²) in [6.45, 7) is 3.17. The highest BCUT2D eigenvalue weighted by molar-refractivity contribution is 7.90. The number of benzene rings is 1. The van der Waals surface area contributed by atoms with Crippen LogP contribution in [0.25, 0.3) is 0 Å². The van der Waals surface area contributed by atoms with Gasteiger partial charge in [0.1, 0.15) is 6.04 Å². The first kappa shape index (κ1) is 16.2. The zero-order valence-electron chi connectivity index (χ0n) is 11.5. The molecule has 7 heteroatoms. The summed E-state index contributed by atoms with van der Waals surface area (Å²) in [5, 5.41) is 11.1. The molecule has 0 unspecified atom stereocenters. The van der Waals surface area contributed by atoms with E-state index >= 15 is 0 Å². The molecule has 110 valence electrons. The molecule has 0 bridgehead atoms. The molecule has 6 nitrogen and oxygen atoms in total. The molecule has 1 amide bonds. The topological polar surface area (TPSA) is 101 Å². The summed E-state index contributed by atoms with van der Waals surface area (Å²) in [6.07, 6.45) is 1.59. The van der Waals surface area contributed by atoms with Crippen LogP contribution >= 0.6 is 0 Å². The lowest BCUT2D eigenvalue weighted by molar-refractivity contribution is -0.138. The highest BCUT2D eigenvalue weighted by atomic mass is 32.2. The smallest absolute Gasteiger partial charge is 0.325 e. The maximum Gasteiger partial charge on any atom is 0.325 e. The van der Waals surface area contributed by atoms with Gasteiger partial charge in [-0.05, 0) is 31.0 Å². The van der Waals surface area contributed by atoms with Gasteiger partial charge >= 0.3 is 5.97 Å². The molecule has 0 spiro atoms. The van der Waals surface area contributed by atoms with Crippen molar-refractivity contribution in [3.05, 3.63) is 29.3 Å². The minimum Gasteiger partial charge on any atom is -0.480 e. The predicted molar refractivity (Wildman–Crippen MR) is 73.5 cm³/mol. The minimum atomic E-state index is -3.42. The Bertz CT molecular complexity index is 636. The van der Waals surface area contributed by atoms with Crippen LogP contribution in [-0.4, -0.2) is 37.7 Å². The Kier molecular flexibility index (Phi) is 4.88. The zero-order chi connectivity index (χ0) is 15.5. The lowest BCUT2D eigenvalue weighted by Gasteiger charge is -2.13. The molecule has 0 aromatic heterocycles. The van der Waals surface area contributed by atoms with Crippen molar-refractivity contribution in [2.24, 2.45) is 0 Å². The summed E-state index contributed by atoms with van der Waals surface area (Å²) in [7, 11) is -3.42. The number of sulfone groups is 1. The SMILES string of the molecule is CCc1ccc(S(C)(=O)=O)cc1C(=O)N[C@@H](C)C(=O)O. The molecule has 1 aromatic rings. The van der Waals surface area contributed by atoms with E-state index in [9.17, 15) is 18.0 Å². The van der Waals surface area contributed by atoms with Gasteiger partial charge in [-0.2, -0.15) is 0 Å². The van der Waals surface area contributed by atoms with Gasteiger partial charge in [-0.3, -0.25) is 9.59 Å².